The van der Waals surface area contributed by atoms with Crippen LogP contribution >= 0.6 is 15.9 Å². The van der Waals surface area contributed by atoms with Gasteiger partial charge in [0.05, 0.1) is 5.56 Å². The molecule has 0 amide bonds. The van der Waals surface area contributed by atoms with E-state index in [2.05, 4.69) is 21.2 Å². The zero-order valence-electron chi connectivity index (χ0n) is 11.6. The van der Waals surface area contributed by atoms with Gasteiger partial charge in [0.15, 0.2) is 0 Å². The Bertz CT molecular complexity index is 652. The maximum Gasteiger partial charge on any atom is 0.338 e. The molecule has 1 aliphatic rings. The predicted octanol–water partition coefficient (Wildman–Crippen LogP) is 3.45. The first-order valence-corrected chi connectivity index (χ1v) is 7.76. The first kappa shape index (κ1) is 14.3. The van der Waals surface area contributed by atoms with Crippen LogP contribution in [-0.2, 0) is 24.3 Å². The van der Waals surface area contributed by atoms with E-state index in [9.17, 15) is 4.79 Å². The van der Waals surface area contributed by atoms with Crippen molar-refractivity contribution in [1.29, 1.82) is 0 Å². The van der Waals surface area contributed by atoms with E-state index < -0.39 is 0 Å². The molecule has 2 aromatic carbocycles. The molecule has 108 valence electrons. The third-order valence-corrected chi connectivity index (χ3v) is 4.14. The molecule has 0 saturated heterocycles. The number of halogens is 1. The highest BCUT2D eigenvalue weighted by molar-refractivity contribution is 9.10. The molecule has 1 heterocycles. The number of hydrogen-bond donors (Lipinski definition) is 1. The minimum Gasteiger partial charge on any atom is -0.457 e. The first-order chi connectivity index (χ1) is 10.2. The van der Waals surface area contributed by atoms with Crippen molar-refractivity contribution in [1.82, 2.24) is 5.32 Å². The smallest absolute Gasteiger partial charge is 0.338 e. The topological polar surface area (TPSA) is 38.3 Å². The van der Waals surface area contributed by atoms with Crippen molar-refractivity contribution in [3.05, 3.63) is 69.2 Å². The maximum atomic E-state index is 12.1. The molecule has 0 fully saturated rings. The molecule has 0 atom stereocenters. The molecule has 0 spiro atoms. The Morgan fingerprint density at radius 1 is 1.14 bits per heavy atom. The normalized spacial score (nSPS) is 13.6. The molecule has 2 aromatic rings. The van der Waals surface area contributed by atoms with E-state index in [0.717, 1.165) is 29.5 Å². The third-order valence-electron chi connectivity index (χ3n) is 3.61. The van der Waals surface area contributed by atoms with Gasteiger partial charge in [-0.3, -0.25) is 0 Å². The molecule has 0 aromatic heterocycles. The lowest BCUT2D eigenvalue weighted by atomic mass is 9.99. The Morgan fingerprint density at radius 2 is 1.95 bits per heavy atom. The number of hydrogen-bond acceptors (Lipinski definition) is 3. The molecule has 0 aliphatic carbocycles. The highest BCUT2D eigenvalue weighted by Crippen LogP contribution is 2.17. The van der Waals surface area contributed by atoms with Crippen LogP contribution in [0.3, 0.4) is 0 Å². The number of carbonyl (C=O) groups is 1. The standard InChI is InChI=1S/C17H16BrNO2/c18-16-5-1-12(2-6-16)11-21-17(20)14-4-3-13-7-8-19-10-15(13)9-14/h1-6,9,19H,7-8,10-11H2. The van der Waals surface area contributed by atoms with Crippen LogP contribution in [0.4, 0.5) is 0 Å². The quantitative estimate of drug-likeness (QED) is 0.866. The fourth-order valence-corrected chi connectivity index (χ4v) is 2.68. The summed E-state index contributed by atoms with van der Waals surface area (Å²) >= 11 is 3.38. The molecule has 1 aliphatic heterocycles. The third kappa shape index (κ3) is 3.52. The van der Waals surface area contributed by atoms with Crippen LogP contribution in [0.1, 0.15) is 27.0 Å². The lowest BCUT2D eigenvalue weighted by Crippen LogP contribution is -2.24. The number of fused-ring (bicyclic) bond motifs is 1. The minimum absolute atomic E-state index is 0.272. The Labute approximate surface area is 132 Å². The number of benzene rings is 2. The molecule has 0 bridgehead atoms. The lowest BCUT2D eigenvalue weighted by Gasteiger charge is -2.17. The minimum atomic E-state index is -0.272. The van der Waals surface area contributed by atoms with Gasteiger partial charge in [0.25, 0.3) is 0 Å². The molecule has 4 heteroatoms. The molecular weight excluding hydrogens is 330 g/mol. The van der Waals surface area contributed by atoms with Gasteiger partial charge in [-0.1, -0.05) is 34.1 Å². The summed E-state index contributed by atoms with van der Waals surface area (Å²) in [5.74, 6) is -0.272. The van der Waals surface area contributed by atoms with E-state index in [1.54, 1.807) is 0 Å². The van der Waals surface area contributed by atoms with E-state index in [0.29, 0.717) is 12.2 Å². The zero-order chi connectivity index (χ0) is 14.7. The number of esters is 1. The second-order valence-corrected chi connectivity index (χ2v) is 6.03. The number of carbonyl (C=O) groups excluding carboxylic acids is 1. The van der Waals surface area contributed by atoms with Crippen molar-refractivity contribution in [2.24, 2.45) is 0 Å². The van der Waals surface area contributed by atoms with E-state index in [1.807, 2.05) is 42.5 Å². The van der Waals surface area contributed by atoms with E-state index in [1.165, 1.54) is 11.1 Å². The van der Waals surface area contributed by atoms with Crippen LogP contribution in [0.2, 0.25) is 0 Å². The van der Waals surface area contributed by atoms with Crippen LogP contribution in [-0.4, -0.2) is 12.5 Å². The van der Waals surface area contributed by atoms with Crippen LogP contribution in [0.5, 0.6) is 0 Å². The summed E-state index contributed by atoms with van der Waals surface area (Å²) in [6.45, 7) is 2.12. The summed E-state index contributed by atoms with van der Waals surface area (Å²) < 4.78 is 6.38. The number of nitrogens with one attached hydrogen (secondary N) is 1. The Balaban J connectivity index is 1.66. The molecule has 3 nitrogen and oxygen atoms in total. The SMILES string of the molecule is O=C(OCc1ccc(Br)cc1)c1ccc2c(c1)CNCC2. The fraction of sp³-hybridized carbons (Fsp3) is 0.235. The van der Waals surface area contributed by atoms with Crippen LogP contribution in [0, 0.1) is 0 Å². The maximum absolute atomic E-state index is 12.1. The van der Waals surface area contributed by atoms with Crippen molar-refractivity contribution < 1.29 is 9.53 Å². The summed E-state index contributed by atoms with van der Waals surface area (Å²) in [7, 11) is 0. The van der Waals surface area contributed by atoms with Gasteiger partial charge in [-0.05, 0) is 53.9 Å². The average Bonchev–Trinajstić information content (AvgIpc) is 2.53. The van der Waals surface area contributed by atoms with Gasteiger partial charge in [0, 0.05) is 11.0 Å². The average molecular weight is 346 g/mol. The van der Waals surface area contributed by atoms with Crippen LogP contribution in [0.15, 0.2) is 46.9 Å². The number of ether oxygens (including phenoxy) is 1. The van der Waals surface area contributed by atoms with E-state index in [-0.39, 0.29) is 5.97 Å². The van der Waals surface area contributed by atoms with Gasteiger partial charge < -0.3 is 10.1 Å². The first-order valence-electron chi connectivity index (χ1n) is 6.96. The summed E-state index contributed by atoms with van der Waals surface area (Å²) in [4.78, 5) is 12.1. The van der Waals surface area contributed by atoms with Gasteiger partial charge in [0.1, 0.15) is 6.61 Å². The van der Waals surface area contributed by atoms with Crippen LogP contribution in [0.25, 0.3) is 0 Å². The second kappa shape index (κ2) is 6.41. The largest absolute Gasteiger partial charge is 0.457 e. The second-order valence-electron chi connectivity index (χ2n) is 5.11. The monoisotopic (exact) mass is 345 g/mol. The summed E-state index contributed by atoms with van der Waals surface area (Å²) in [5.41, 5.74) is 4.11. The van der Waals surface area contributed by atoms with Crippen molar-refractivity contribution in [2.45, 2.75) is 19.6 Å². The number of rotatable bonds is 3. The van der Waals surface area contributed by atoms with Crippen molar-refractivity contribution in [2.75, 3.05) is 6.54 Å². The van der Waals surface area contributed by atoms with Gasteiger partial charge >= 0.3 is 5.97 Å². The molecule has 0 unspecified atom stereocenters. The Morgan fingerprint density at radius 3 is 2.76 bits per heavy atom. The van der Waals surface area contributed by atoms with Crippen molar-refractivity contribution in [3.8, 4) is 0 Å². The summed E-state index contributed by atoms with van der Waals surface area (Å²) in [6, 6.07) is 13.6. The zero-order valence-corrected chi connectivity index (χ0v) is 13.2. The fourth-order valence-electron chi connectivity index (χ4n) is 2.42. The summed E-state index contributed by atoms with van der Waals surface area (Å²) in [5, 5.41) is 3.31. The highest BCUT2D eigenvalue weighted by Gasteiger charge is 2.13. The molecule has 21 heavy (non-hydrogen) atoms. The lowest BCUT2D eigenvalue weighted by molar-refractivity contribution is 0.0472. The Kier molecular flexibility index (Phi) is 4.36. The molecule has 3 rings (SSSR count). The van der Waals surface area contributed by atoms with Gasteiger partial charge in [-0.2, -0.15) is 0 Å². The summed E-state index contributed by atoms with van der Waals surface area (Å²) in [6.07, 6.45) is 1.02. The van der Waals surface area contributed by atoms with E-state index >= 15 is 0 Å². The van der Waals surface area contributed by atoms with Crippen molar-refractivity contribution >= 4 is 21.9 Å². The van der Waals surface area contributed by atoms with E-state index in [4.69, 9.17) is 4.74 Å². The molecule has 0 saturated carbocycles. The van der Waals surface area contributed by atoms with Gasteiger partial charge in [-0.25, -0.2) is 4.79 Å². The predicted molar refractivity (Wildman–Crippen MR) is 85.1 cm³/mol. The van der Waals surface area contributed by atoms with Crippen LogP contribution < -0.4 is 5.32 Å². The van der Waals surface area contributed by atoms with Crippen molar-refractivity contribution in [3.63, 3.8) is 0 Å². The van der Waals surface area contributed by atoms with Gasteiger partial charge in [-0.15, -0.1) is 0 Å². The molecule has 1 N–H and O–H groups in total. The molecular formula is C17H16BrNO2. The highest BCUT2D eigenvalue weighted by atomic mass is 79.9. The Hall–Kier alpha value is -1.65. The van der Waals surface area contributed by atoms with Gasteiger partial charge in [0.2, 0.25) is 0 Å². The molecule has 0 radical (unpaired) electrons.